The number of amides is 2. The normalized spacial score (nSPS) is 10.7. The summed E-state index contributed by atoms with van der Waals surface area (Å²) in [6.45, 7) is 2.59. The van der Waals surface area contributed by atoms with E-state index in [4.69, 9.17) is 10.1 Å². The lowest BCUT2D eigenvalue weighted by Crippen LogP contribution is -2.30. The van der Waals surface area contributed by atoms with E-state index < -0.39 is 5.78 Å². The average molecular weight is 471 g/mol. The maximum atomic E-state index is 13.4. The number of carbonyl (C=O) groups is 2. The van der Waals surface area contributed by atoms with Crippen LogP contribution in [-0.4, -0.2) is 46.1 Å². The third kappa shape index (κ3) is 5.19. The molecule has 35 heavy (non-hydrogen) atoms. The van der Waals surface area contributed by atoms with Gasteiger partial charge in [-0.1, -0.05) is 31.5 Å². The van der Waals surface area contributed by atoms with Crippen LogP contribution in [0.1, 0.15) is 35.7 Å². The van der Waals surface area contributed by atoms with Crippen LogP contribution in [0.3, 0.4) is 0 Å². The van der Waals surface area contributed by atoms with E-state index in [9.17, 15) is 9.59 Å². The fourth-order valence-corrected chi connectivity index (χ4v) is 3.63. The molecule has 9 heteroatoms. The first-order valence-corrected chi connectivity index (χ1v) is 11.3. The topological polar surface area (TPSA) is 133 Å². The van der Waals surface area contributed by atoms with Crippen LogP contribution in [0.2, 0.25) is 0 Å². The summed E-state index contributed by atoms with van der Waals surface area (Å²) in [5.74, 6) is 0.0174. The van der Waals surface area contributed by atoms with Gasteiger partial charge < -0.3 is 20.4 Å². The molecular weight excluding hydrogens is 444 g/mol. The monoisotopic (exact) mass is 470 g/mol. The number of carbonyl (C=O) groups excluding carboxylic acids is 2. The Labute approximate surface area is 202 Å². The van der Waals surface area contributed by atoms with Crippen molar-refractivity contribution in [3.05, 3.63) is 72.2 Å². The molecule has 0 aliphatic rings. The molecule has 1 aromatic carbocycles. The lowest BCUT2D eigenvalue weighted by Gasteiger charge is -2.12. The van der Waals surface area contributed by atoms with Crippen molar-refractivity contribution in [1.82, 2.24) is 20.3 Å². The van der Waals surface area contributed by atoms with Crippen LogP contribution in [0.5, 0.6) is 5.88 Å². The van der Waals surface area contributed by atoms with Gasteiger partial charge in [-0.15, -0.1) is 0 Å². The Bertz CT molecular complexity index is 1380. The van der Waals surface area contributed by atoms with Crippen LogP contribution < -0.4 is 15.4 Å². The van der Waals surface area contributed by atoms with Crippen molar-refractivity contribution in [3.8, 4) is 17.0 Å². The second-order valence-corrected chi connectivity index (χ2v) is 7.90. The minimum Gasteiger partial charge on any atom is -0.481 e. The van der Waals surface area contributed by atoms with Crippen LogP contribution in [0.25, 0.3) is 22.2 Å². The number of hydrogen-bond donors (Lipinski definition) is 4. The number of hydrogen-bond acceptors (Lipinski definition) is 6. The SMILES string of the molecule is CCCCNC(=O)Nc1ccccc1C(=N)C(=O)c1c[nH]c2ncc(-c3ccc(OC)nc3)cc12. The molecule has 0 bridgehead atoms. The number of aromatic nitrogens is 3. The van der Waals surface area contributed by atoms with Gasteiger partial charge in [0.15, 0.2) is 0 Å². The Kier molecular flexibility index (Phi) is 7.15. The molecule has 9 nitrogen and oxygen atoms in total. The van der Waals surface area contributed by atoms with Crippen molar-refractivity contribution in [1.29, 1.82) is 5.41 Å². The molecule has 4 aromatic rings. The molecule has 0 saturated heterocycles. The number of H-pyrrole nitrogens is 1. The maximum Gasteiger partial charge on any atom is 0.319 e. The largest absolute Gasteiger partial charge is 0.481 e. The van der Waals surface area contributed by atoms with Gasteiger partial charge in [0.1, 0.15) is 11.4 Å². The van der Waals surface area contributed by atoms with Gasteiger partial charge in [-0.3, -0.25) is 10.2 Å². The number of unbranched alkanes of at least 4 members (excludes halogenated alkanes) is 1. The Morgan fingerprint density at radius 1 is 1.06 bits per heavy atom. The minimum atomic E-state index is -0.483. The molecule has 0 radical (unpaired) electrons. The third-order valence-corrected chi connectivity index (χ3v) is 5.54. The minimum absolute atomic E-state index is 0.230. The second-order valence-electron chi connectivity index (χ2n) is 7.90. The van der Waals surface area contributed by atoms with Gasteiger partial charge in [-0.25, -0.2) is 14.8 Å². The van der Waals surface area contributed by atoms with Crippen LogP contribution in [0.4, 0.5) is 10.5 Å². The number of nitrogens with one attached hydrogen (secondary N) is 4. The first-order valence-electron chi connectivity index (χ1n) is 11.3. The summed E-state index contributed by atoms with van der Waals surface area (Å²) in [5, 5.41) is 14.7. The second kappa shape index (κ2) is 10.6. The molecule has 0 aliphatic carbocycles. The first-order chi connectivity index (χ1) is 17.0. The van der Waals surface area contributed by atoms with Crippen molar-refractivity contribution in [2.45, 2.75) is 19.8 Å². The summed E-state index contributed by atoms with van der Waals surface area (Å²) >= 11 is 0. The van der Waals surface area contributed by atoms with Gasteiger partial charge in [0.2, 0.25) is 11.7 Å². The zero-order valence-corrected chi connectivity index (χ0v) is 19.5. The van der Waals surface area contributed by atoms with Crippen molar-refractivity contribution < 1.29 is 14.3 Å². The van der Waals surface area contributed by atoms with Crippen molar-refractivity contribution in [2.24, 2.45) is 0 Å². The van der Waals surface area contributed by atoms with E-state index in [1.165, 1.54) is 0 Å². The summed E-state index contributed by atoms with van der Waals surface area (Å²) in [6.07, 6.45) is 6.75. The Balaban J connectivity index is 1.61. The maximum absolute atomic E-state index is 13.4. The lowest BCUT2D eigenvalue weighted by atomic mass is 9.98. The number of Topliss-reactive ketones (excluding diaryl/α,β-unsaturated/α-hetero) is 1. The van der Waals surface area contributed by atoms with E-state index in [1.54, 1.807) is 56.0 Å². The van der Waals surface area contributed by atoms with Crippen molar-refractivity contribution in [3.63, 3.8) is 0 Å². The van der Waals surface area contributed by atoms with Crippen molar-refractivity contribution >= 4 is 34.2 Å². The predicted octanol–water partition coefficient (Wildman–Crippen LogP) is 4.81. The number of ketones is 1. The number of methoxy groups -OCH3 is 1. The van der Waals surface area contributed by atoms with E-state index in [2.05, 4.69) is 25.6 Å². The van der Waals surface area contributed by atoms with Crippen LogP contribution >= 0.6 is 0 Å². The summed E-state index contributed by atoms with van der Waals surface area (Å²) < 4.78 is 5.11. The summed E-state index contributed by atoms with van der Waals surface area (Å²) in [6, 6.07) is 11.9. The van der Waals surface area contributed by atoms with E-state index >= 15 is 0 Å². The summed E-state index contributed by atoms with van der Waals surface area (Å²) in [7, 11) is 1.55. The molecule has 3 aromatic heterocycles. The number of rotatable bonds is 9. The molecule has 0 spiro atoms. The third-order valence-electron chi connectivity index (χ3n) is 5.54. The van der Waals surface area contributed by atoms with E-state index in [0.717, 1.165) is 24.0 Å². The molecule has 4 rings (SSSR count). The van der Waals surface area contributed by atoms with Gasteiger partial charge in [0, 0.05) is 53.3 Å². The Hall–Kier alpha value is -4.53. The fourth-order valence-electron chi connectivity index (χ4n) is 3.63. The van der Waals surface area contributed by atoms with E-state index in [1.807, 2.05) is 19.1 Å². The fraction of sp³-hybridized carbons (Fsp3) is 0.192. The molecule has 0 aliphatic heterocycles. The highest BCUT2D eigenvalue weighted by Crippen LogP contribution is 2.27. The lowest BCUT2D eigenvalue weighted by molar-refractivity contribution is 0.106. The van der Waals surface area contributed by atoms with E-state index in [-0.39, 0.29) is 11.7 Å². The molecule has 2 amide bonds. The molecule has 4 N–H and O–H groups in total. The highest BCUT2D eigenvalue weighted by atomic mass is 16.5. The van der Waals surface area contributed by atoms with Crippen LogP contribution in [0, 0.1) is 5.41 Å². The highest BCUT2D eigenvalue weighted by molar-refractivity contribution is 6.52. The summed E-state index contributed by atoms with van der Waals surface area (Å²) in [5.41, 5.74) is 2.95. The zero-order valence-electron chi connectivity index (χ0n) is 19.5. The molecule has 0 saturated carbocycles. The number of pyridine rings is 2. The van der Waals surface area contributed by atoms with Gasteiger partial charge in [-0.2, -0.15) is 0 Å². The molecule has 0 fully saturated rings. The van der Waals surface area contributed by atoms with Gasteiger partial charge in [0.05, 0.1) is 18.4 Å². The number of anilines is 1. The zero-order chi connectivity index (χ0) is 24.8. The van der Waals surface area contributed by atoms with Crippen molar-refractivity contribution in [2.75, 3.05) is 19.0 Å². The predicted molar refractivity (Wildman–Crippen MR) is 135 cm³/mol. The smallest absolute Gasteiger partial charge is 0.319 e. The molecular formula is C26H26N6O3. The number of nitrogens with zero attached hydrogens (tertiary/aromatic N) is 2. The van der Waals surface area contributed by atoms with Gasteiger partial charge >= 0.3 is 6.03 Å². The van der Waals surface area contributed by atoms with Crippen LogP contribution in [0.15, 0.2) is 61.1 Å². The van der Waals surface area contributed by atoms with Gasteiger partial charge in [-0.05, 0) is 24.6 Å². The number of urea groups is 1. The Morgan fingerprint density at radius 2 is 1.86 bits per heavy atom. The first kappa shape index (κ1) is 23.6. The molecule has 0 atom stereocenters. The number of benzene rings is 1. The summed E-state index contributed by atoms with van der Waals surface area (Å²) in [4.78, 5) is 37.3. The number of ether oxygens (including phenoxy) is 1. The molecule has 0 unspecified atom stereocenters. The van der Waals surface area contributed by atoms with Crippen LogP contribution in [-0.2, 0) is 0 Å². The van der Waals surface area contributed by atoms with Gasteiger partial charge in [0.25, 0.3) is 0 Å². The quantitative estimate of drug-likeness (QED) is 0.158. The standard InChI is InChI=1S/C26H26N6O3/c1-3-4-11-28-26(34)32-21-8-6-5-7-18(21)23(27)24(33)20-15-31-25-19(20)12-17(14-30-25)16-9-10-22(35-2)29-13-16/h5-10,12-15,27H,3-4,11H2,1-2H3,(H,30,31)(H2,28,32,34). The molecule has 3 heterocycles. The van der Waals surface area contributed by atoms with E-state index in [0.29, 0.717) is 40.3 Å². The number of para-hydroxylation sites is 1. The Morgan fingerprint density at radius 3 is 2.60 bits per heavy atom. The highest BCUT2D eigenvalue weighted by Gasteiger charge is 2.22. The number of aromatic amines is 1. The molecule has 178 valence electrons. The number of fused-ring (bicyclic) bond motifs is 1. The average Bonchev–Trinajstić information content (AvgIpc) is 3.31.